The van der Waals surface area contributed by atoms with Crippen LogP contribution in [-0.2, 0) is 4.79 Å². The standard InChI is InChI=1S/C13H14FN3O/c14-10-6-9(7-15)2-3-11(10)17-12(18)13(8-16)4-1-5-13/h2-3,6H,1,4-5,8,16H2,(H,17,18). The Morgan fingerprint density at radius 3 is 2.72 bits per heavy atom. The fraction of sp³-hybridized carbons (Fsp3) is 0.385. The summed E-state index contributed by atoms with van der Waals surface area (Å²) in [7, 11) is 0. The number of hydrogen-bond donors (Lipinski definition) is 2. The zero-order valence-corrected chi connectivity index (χ0v) is 9.87. The van der Waals surface area contributed by atoms with Crippen LogP contribution < -0.4 is 11.1 Å². The first-order chi connectivity index (χ1) is 8.61. The maximum absolute atomic E-state index is 13.6. The van der Waals surface area contributed by atoms with Gasteiger partial charge in [-0.15, -0.1) is 0 Å². The monoisotopic (exact) mass is 247 g/mol. The second kappa shape index (κ2) is 4.75. The van der Waals surface area contributed by atoms with Crippen LogP contribution in [0.5, 0.6) is 0 Å². The first-order valence-electron chi connectivity index (χ1n) is 5.82. The highest BCUT2D eigenvalue weighted by Gasteiger charge is 2.42. The van der Waals surface area contributed by atoms with E-state index >= 15 is 0 Å². The van der Waals surface area contributed by atoms with Crippen LogP contribution in [0.2, 0.25) is 0 Å². The number of nitrogens with one attached hydrogen (secondary N) is 1. The van der Waals surface area contributed by atoms with Gasteiger partial charge in [0, 0.05) is 6.54 Å². The topological polar surface area (TPSA) is 78.9 Å². The van der Waals surface area contributed by atoms with Crippen molar-refractivity contribution < 1.29 is 9.18 Å². The average molecular weight is 247 g/mol. The predicted molar refractivity (Wildman–Crippen MR) is 65.1 cm³/mol. The van der Waals surface area contributed by atoms with E-state index in [0.29, 0.717) is 0 Å². The minimum Gasteiger partial charge on any atom is -0.329 e. The molecule has 0 unspecified atom stereocenters. The van der Waals surface area contributed by atoms with Gasteiger partial charge in [-0.2, -0.15) is 5.26 Å². The lowest BCUT2D eigenvalue weighted by Crippen LogP contribution is -2.47. The molecule has 0 atom stereocenters. The number of anilines is 1. The molecule has 94 valence electrons. The number of amides is 1. The number of carbonyl (C=O) groups is 1. The summed E-state index contributed by atoms with van der Waals surface area (Å²) in [5, 5.41) is 11.2. The lowest BCUT2D eigenvalue weighted by atomic mass is 9.68. The highest BCUT2D eigenvalue weighted by molar-refractivity contribution is 5.96. The van der Waals surface area contributed by atoms with Crippen molar-refractivity contribution in [1.82, 2.24) is 0 Å². The number of benzene rings is 1. The quantitative estimate of drug-likeness (QED) is 0.854. The Bertz CT molecular complexity index is 512. The van der Waals surface area contributed by atoms with E-state index in [1.165, 1.54) is 12.1 Å². The largest absolute Gasteiger partial charge is 0.329 e. The van der Waals surface area contributed by atoms with E-state index in [4.69, 9.17) is 11.0 Å². The smallest absolute Gasteiger partial charge is 0.231 e. The van der Waals surface area contributed by atoms with Crippen LogP contribution in [0.3, 0.4) is 0 Å². The molecule has 0 aliphatic heterocycles. The van der Waals surface area contributed by atoms with Crippen LogP contribution in [0.25, 0.3) is 0 Å². The van der Waals surface area contributed by atoms with Crippen LogP contribution in [0, 0.1) is 22.6 Å². The predicted octanol–water partition coefficient (Wildman–Crippen LogP) is 1.76. The van der Waals surface area contributed by atoms with Gasteiger partial charge in [0.25, 0.3) is 0 Å². The van der Waals surface area contributed by atoms with Gasteiger partial charge in [0.2, 0.25) is 5.91 Å². The molecule has 5 heteroatoms. The number of nitrogens with two attached hydrogens (primary N) is 1. The van der Waals surface area contributed by atoms with Crippen molar-refractivity contribution in [3.8, 4) is 6.07 Å². The zero-order chi connectivity index (χ0) is 13.2. The molecule has 1 aromatic carbocycles. The third-order valence-corrected chi connectivity index (χ3v) is 3.53. The number of halogens is 1. The summed E-state index contributed by atoms with van der Waals surface area (Å²) in [6, 6.07) is 5.81. The summed E-state index contributed by atoms with van der Waals surface area (Å²) < 4.78 is 13.6. The lowest BCUT2D eigenvalue weighted by Gasteiger charge is -2.39. The summed E-state index contributed by atoms with van der Waals surface area (Å²) in [6.45, 7) is 0.275. The molecule has 0 radical (unpaired) electrons. The molecular formula is C13H14FN3O. The van der Waals surface area contributed by atoms with Crippen molar-refractivity contribution in [1.29, 1.82) is 5.26 Å². The van der Waals surface area contributed by atoms with Gasteiger partial charge in [0.1, 0.15) is 5.82 Å². The molecule has 0 aromatic heterocycles. The molecular weight excluding hydrogens is 233 g/mol. The first kappa shape index (κ1) is 12.5. The third kappa shape index (κ3) is 2.07. The van der Waals surface area contributed by atoms with Gasteiger partial charge in [-0.3, -0.25) is 4.79 Å². The Kier molecular flexibility index (Phi) is 3.30. The summed E-state index contributed by atoms with van der Waals surface area (Å²) >= 11 is 0. The molecule has 1 amide bonds. The Labute approximate surface area is 105 Å². The van der Waals surface area contributed by atoms with Crippen molar-refractivity contribution in [3.05, 3.63) is 29.6 Å². The summed E-state index contributed by atoms with van der Waals surface area (Å²) in [6.07, 6.45) is 2.46. The zero-order valence-electron chi connectivity index (χ0n) is 9.87. The van der Waals surface area contributed by atoms with Crippen molar-refractivity contribution in [2.45, 2.75) is 19.3 Å². The Morgan fingerprint density at radius 1 is 1.56 bits per heavy atom. The Balaban J connectivity index is 2.15. The molecule has 2 rings (SSSR count). The highest BCUT2D eigenvalue weighted by atomic mass is 19.1. The molecule has 0 bridgehead atoms. The Hall–Kier alpha value is -1.93. The van der Waals surface area contributed by atoms with Crippen LogP contribution >= 0.6 is 0 Å². The molecule has 0 spiro atoms. The highest BCUT2D eigenvalue weighted by Crippen LogP contribution is 2.40. The fourth-order valence-electron chi connectivity index (χ4n) is 2.07. The maximum atomic E-state index is 13.6. The van der Waals surface area contributed by atoms with E-state index in [9.17, 15) is 9.18 Å². The maximum Gasteiger partial charge on any atom is 0.231 e. The van der Waals surface area contributed by atoms with Crippen molar-refractivity contribution in [3.63, 3.8) is 0 Å². The summed E-state index contributed by atoms with van der Waals surface area (Å²) in [5.41, 5.74) is 5.39. The molecule has 3 N–H and O–H groups in total. The second-order valence-electron chi connectivity index (χ2n) is 4.60. The van der Waals surface area contributed by atoms with Crippen molar-refractivity contribution in [2.24, 2.45) is 11.1 Å². The van der Waals surface area contributed by atoms with Gasteiger partial charge in [0.15, 0.2) is 0 Å². The normalized spacial score (nSPS) is 16.5. The molecule has 1 aromatic rings. The van der Waals surface area contributed by atoms with Crippen LogP contribution in [0.15, 0.2) is 18.2 Å². The number of rotatable bonds is 3. The van der Waals surface area contributed by atoms with Crippen molar-refractivity contribution in [2.75, 3.05) is 11.9 Å². The molecule has 0 heterocycles. The van der Waals surface area contributed by atoms with Crippen LogP contribution in [0.1, 0.15) is 24.8 Å². The van der Waals surface area contributed by atoms with Gasteiger partial charge in [-0.05, 0) is 31.0 Å². The van der Waals surface area contributed by atoms with Gasteiger partial charge in [0.05, 0.1) is 22.7 Å². The molecule has 1 aliphatic carbocycles. The lowest BCUT2D eigenvalue weighted by molar-refractivity contribution is -0.129. The van der Waals surface area contributed by atoms with Gasteiger partial charge >= 0.3 is 0 Å². The van der Waals surface area contributed by atoms with Gasteiger partial charge in [-0.25, -0.2) is 4.39 Å². The van der Waals surface area contributed by atoms with Crippen molar-refractivity contribution >= 4 is 11.6 Å². The minimum absolute atomic E-state index is 0.0960. The van der Waals surface area contributed by atoms with E-state index < -0.39 is 11.2 Å². The van der Waals surface area contributed by atoms with E-state index in [-0.39, 0.29) is 23.7 Å². The summed E-state index contributed by atoms with van der Waals surface area (Å²) in [4.78, 5) is 12.0. The molecule has 4 nitrogen and oxygen atoms in total. The van der Waals surface area contributed by atoms with Gasteiger partial charge in [-0.1, -0.05) is 6.42 Å². The molecule has 1 fully saturated rings. The molecule has 1 saturated carbocycles. The minimum atomic E-state index is -0.603. The molecule has 1 aliphatic rings. The van der Waals surface area contributed by atoms with E-state index in [0.717, 1.165) is 25.3 Å². The van der Waals surface area contributed by atoms with E-state index in [1.807, 2.05) is 6.07 Å². The number of carbonyl (C=O) groups excluding carboxylic acids is 1. The molecule has 18 heavy (non-hydrogen) atoms. The number of nitriles is 1. The second-order valence-corrected chi connectivity index (χ2v) is 4.60. The van der Waals surface area contributed by atoms with Crippen LogP contribution in [-0.4, -0.2) is 12.5 Å². The van der Waals surface area contributed by atoms with E-state index in [1.54, 1.807) is 0 Å². The van der Waals surface area contributed by atoms with E-state index in [2.05, 4.69) is 5.32 Å². The SMILES string of the molecule is N#Cc1ccc(NC(=O)C2(CN)CCC2)c(F)c1. The number of nitrogens with zero attached hydrogens (tertiary/aromatic N) is 1. The summed E-state index contributed by atoms with van der Waals surface area (Å²) in [5.74, 6) is -0.839. The Morgan fingerprint density at radius 2 is 2.28 bits per heavy atom. The first-order valence-corrected chi connectivity index (χ1v) is 5.82. The fourth-order valence-corrected chi connectivity index (χ4v) is 2.07. The third-order valence-electron chi connectivity index (χ3n) is 3.53. The average Bonchev–Trinajstić information content (AvgIpc) is 2.31. The van der Waals surface area contributed by atoms with Gasteiger partial charge < -0.3 is 11.1 Å². The molecule has 0 saturated heterocycles. The van der Waals surface area contributed by atoms with Crippen LogP contribution in [0.4, 0.5) is 10.1 Å². The number of hydrogen-bond acceptors (Lipinski definition) is 3.